The highest BCUT2D eigenvalue weighted by molar-refractivity contribution is 5.87. The number of H-pyrrole nitrogens is 1. The van der Waals surface area contributed by atoms with Crippen molar-refractivity contribution in [3.63, 3.8) is 0 Å². The van der Waals surface area contributed by atoms with Gasteiger partial charge in [0.15, 0.2) is 0 Å². The first-order valence-electron chi connectivity index (χ1n) is 6.51. The van der Waals surface area contributed by atoms with Gasteiger partial charge in [-0.15, -0.1) is 0 Å². The molecule has 0 saturated heterocycles. The Balaban J connectivity index is 2.56. The summed E-state index contributed by atoms with van der Waals surface area (Å²) in [5, 5.41) is 2.46. The maximum Gasteiger partial charge on any atom is 0.256 e. The third kappa shape index (κ3) is 3.62. The lowest BCUT2D eigenvalue weighted by atomic mass is 10.0. The first kappa shape index (κ1) is 14.6. The van der Waals surface area contributed by atoms with Gasteiger partial charge in [0.25, 0.3) is 5.56 Å². The standard InChI is InChI=1S/C15H15N3O3/c1-10(20)16-15-17-13(11-6-3-2-4-7-11)12(8-5-9-19)14(21)18-15/h2-4,6-7,9H,5,8H2,1H3,(H2,16,17,18,20,21). The summed E-state index contributed by atoms with van der Waals surface area (Å²) in [5.41, 5.74) is 1.32. The van der Waals surface area contributed by atoms with Crippen LogP contribution >= 0.6 is 0 Å². The van der Waals surface area contributed by atoms with E-state index in [2.05, 4.69) is 15.3 Å². The van der Waals surface area contributed by atoms with Gasteiger partial charge < -0.3 is 4.79 Å². The van der Waals surface area contributed by atoms with E-state index in [0.717, 1.165) is 11.8 Å². The number of anilines is 1. The molecular formula is C15H15N3O3. The zero-order chi connectivity index (χ0) is 15.2. The first-order valence-corrected chi connectivity index (χ1v) is 6.51. The minimum Gasteiger partial charge on any atom is -0.303 e. The molecule has 0 bridgehead atoms. The third-order valence-electron chi connectivity index (χ3n) is 2.87. The van der Waals surface area contributed by atoms with E-state index in [1.54, 1.807) is 0 Å². The van der Waals surface area contributed by atoms with Crippen LogP contribution in [0.1, 0.15) is 18.9 Å². The van der Waals surface area contributed by atoms with Crippen LogP contribution in [0.4, 0.5) is 5.95 Å². The van der Waals surface area contributed by atoms with Crippen LogP contribution in [0, 0.1) is 0 Å². The molecule has 2 N–H and O–H groups in total. The van der Waals surface area contributed by atoms with Crippen molar-refractivity contribution in [3.8, 4) is 11.3 Å². The zero-order valence-electron chi connectivity index (χ0n) is 11.6. The number of benzene rings is 1. The van der Waals surface area contributed by atoms with Crippen LogP contribution in [0.3, 0.4) is 0 Å². The molecule has 1 heterocycles. The van der Waals surface area contributed by atoms with Crippen molar-refractivity contribution >= 4 is 18.1 Å². The summed E-state index contributed by atoms with van der Waals surface area (Å²) in [4.78, 5) is 40.6. The van der Waals surface area contributed by atoms with Crippen molar-refractivity contribution in [1.82, 2.24) is 9.97 Å². The molecule has 6 heteroatoms. The van der Waals surface area contributed by atoms with Crippen molar-refractivity contribution in [1.29, 1.82) is 0 Å². The molecule has 0 aliphatic carbocycles. The largest absolute Gasteiger partial charge is 0.303 e. The molecule has 6 nitrogen and oxygen atoms in total. The predicted octanol–water partition coefficient (Wildman–Crippen LogP) is 1.53. The van der Waals surface area contributed by atoms with Crippen molar-refractivity contribution in [2.45, 2.75) is 19.8 Å². The molecule has 0 aliphatic heterocycles. The fourth-order valence-electron chi connectivity index (χ4n) is 1.99. The normalized spacial score (nSPS) is 10.1. The van der Waals surface area contributed by atoms with Crippen LogP contribution in [0.25, 0.3) is 11.3 Å². The maximum atomic E-state index is 12.2. The Morgan fingerprint density at radius 1 is 1.33 bits per heavy atom. The number of aromatic amines is 1. The topological polar surface area (TPSA) is 91.9 Å². The smallest absolute Gasteiger partial charge is 0.256 e. The Hall–Kier alpha value is -2.76. The summed E-state index contributed by atoms with van der Waals surface area (Å²) < 4.78 is 0. The Morgan fingerprint density at radius 2 is 2.05 bits per heavy atom. The molecule has 0 atom stereocenters. The predicted molar refractivity (Wildman–Crippen MR) is 79.0 cm³/mol. The molecule has 21 heavy (non-hydrogen) atoms. The molecule has 0 radical (unpaired) electrons. The van der Waals surface area contributed by atoms with Gasteiger partial charge in [-0.1, -0.05) is 30.3 Å². The van der Waals surface area contributed by atoms with Crippen LogP contribution in [0.5, 0.6) is 0 Å². The highest BCUT2D eigenvalue weighted by Gasteiger charge is 2.13. The van der Waals surface area contributed by atoms with Gasteiger partial charge in [-0.25, -0.2) is 4.98 Å². The van der Waals surface area contributed by atoms with Gasteiger partial charge in [0.05, 0.1) is 5.69 Å². The Morgan fingerprint density at radius 3 is 2.67 bits per heavy atom. The number of nitrogens with one attached hydrogen (secondary N) is 2. The number of carbonyl (C=O) groups excluding carboxylic acids is 2. The summed E-state index contributed by atoms with van der Waals surface area (Å²) in [5.74, 6) is -0.223. The van der Waals surface area contributed by atoms with E-state index < -0.39 is 0 Å². The van der Waals surface area contributed by atoms with E-state index >= 15 is 0 Å². The molecule has 1 amide bonds. The zero-order valence-corrected chi connectivity index (χ0v) is 11.6. The molecule has 108 valence electrons. The Bertz CT molecular complexity index is 708. The molecule has 2 rings (SSSR count). The number of nitrogens with zero attached hydrogens (tertiary/aromatic N) is 1. The highest BCUT2D eigenvalue weighted by Crippen LogP contribution is 2.20. The van der Waals surface area contributed by atoms with E-state index in [4.69, 9.17) is 0 Å². The molecule has 0 unspecified atom stereocenters. The monoisotopic (exact) mass is 285 g/mol. The number of aldehydes is 1. The van der Waals surface area contributed by atoms with E-state index in [1.807, 2.05) is 30.3 Å². The van der Waals surface area contributed by atoms with Gasteiger partial charge >= 0.3 is 0 Å². The summed E-state index contributed by atoms with van der Waals surface area (Å²) in [7, 11) is 0. The van der Waals surface area contributed by atoms with E-state index in [1.165, 1.54) is 6.92 Å². The van der Waals surface area contributed by atoms with Crippen LogP contribution in [0.2, 0.25) is 0 Å². The van der Waals surface area contributed by atoms with Crippen LogP contribution in [-0.4, -0.2) is 22.2 Å². The second kappa shape index (κ2) is 6.60. The van der Waals surface area contributed by atoms with Gasteiger partial charge in [-0.3, -0.25) is 19.9 Å². The summed E-state index contributed by atoms with van der Waals surface area (Å²) in [6, 6.07) is 9.17. The number of aromatic nitrogens is 2. The first-order chi connectivity index (χ1) is 10.1. The summed E-state index contributed by atoms with van der Waals surface area (Å²) in [6.45, 7) is 1.34. The average Bonchev–Trinajstić information content (AvgIpc) is 2.46. The molecule has 0 aliphatic rings. The number of rotatable bonds is 5. The van der Waals surface area contributed by atoms with Crippen molar-refractivity contribution in [3.05, 3.63) is 46.2 Å². The second-order valence-corrected chi connectivity index (χ2v) is 4.49. The SMILES string of the molecule is CC(=O)Nc1nc(-c2ccccc2)c(CCC=O)c(=O)[nH]1. The van der Waals surface area contributed by atoms with Crippen molar-refractivity contribution < 1.29 is 9.59 Å². The molecule has 0 fully saturated rings. The molecule has 2 aromatic rings. The summed E-state index contributed by atoms with van der Waals surface area (Å²) >= 11 is 0. The van der Waals surface area contributed by atoms with Crippen LogP contribution in [0.15, 0.2) is 35.1 Å². The lowest BCUT2D eigenvalue weighted by molar-refractivity contribution is -0.114. The lowest BCUT2D eigenvalue weighted by Crippen LogP contribution is -2.20. The molecular weight excluding hydrogens is 270 g/mol. The lowest BCUT2D eigenvalue weighted by Gasteiger charge is -2.09. The minimum atomic E-state index is -0.352. The Kier molecular flexibility index (Phi) is 4.61. The number of amides is 1. The van der Waals surface area contributed by atoms with Gasteiger partial charge in [-0.2, -0.15) is 0 Å². The van der Waals surface area contributed by atoms with Crippen LogP contribution < -0.4 is 10.9 Å². The second-order valence-electron chi connectivity index (χ2n) is 4.49. The number of carbonyl (C=O) groups is 2. The molecule has 0 spiro atoms. The summed E-state index contributed by atoms with van der Waals surface area (Å²) in [6.07, 6.45) is 1.30. The minimum absolute atomic E-state index is 0.0983. The quantitative estimate of drug-likeness (QED) is 0.815. The molecule has 1 aromatic carbocycles. The van der Waals surface area contributed by atoms with Crippen molar-refractivity contribution in [2.75, 3.05) is 5.32 Å². The van der Waals surface area contributed by atoms with Gasteiger partial charge in [0.1, 0.15) is 6.29 Å². The Labute approximate surface area is 121 Å². The fourth-order valence-corrected chi connectivity index (χ4v) is 1.99. The molecule has 0 saturated carbocycles. The van der Waals surface area contributed by atoms with Gasteiger partial charge in [0, 0.05) is 24.5 Å². The van der Waals surface area contributed by atoms with Crippen molar-refractivity contribution in [2.24, 2.45) is 0 Å². The highest BCUT2D eigenvalue weighted by atomic mass is 16.2. The number of hydrogen-bond acceptors (Lipinski definition) is 4. The molecule has 1 aromatic heterocycles. The van der Waals surface area contributed by atoms with Gasteiger partial charge in [-0.05, 0) is 6.42 Å². The fraction of sp³-hybridized carbons (Fsp3) is 0.200. The third-order valence-corrected chi connectivity index (χ3v) is 2.87. The average molecular weight is 285 g/mol. The number of hydrogen-bond donors (Lipinski definition) is 2. The maximum absolute atomic E-state index is 12.2. The van der Waals surface area contributed by atoms with E-state index in [0.29, 0.717) is 17.7 Å². The van der Waals surface area contributed by atoms with Gasteiger partial charge in [0.2, 0.25) is 11.9 Å². The van der Waals surface area contributed by atoms with E-state index in [9.17, 15) is 14.4 Å². The van der Waals surface area contributed by atoms with E-state index in [-0.39, 0.29) is 23.8 Å². The van der Waals surface area contributed by atoms with Crippen LogP contribution in [-0.2, 0) is 16.0 Å².